The van der Waals surface area contributed by atoms with Crippen molar-refractivity contribution >= 4 is 34.8 Å². The van der Waals surface area contributed by atoms with Gasteiger partial charge in [-0.2, -0.15) is 0 Å². The molecule has 1 aromatic carbocycles. The van der Waals surface area contributed by atoms with Gasteiger partial charge >= 0.3 is 0 Å². The molecule has 0 aliphatic rings. The van der Waals surface area contributed by atoms with Crippen LogP contribution >= 0.6 is 24.4 Å². The molecule has 1 aromatic rings. The van der Waals surface area contributed by atoms with Gasteiger partial charge in [0.15, 0.2) is 0 Å². The van der Waals surface area contributed by atoms with Crippen LogP contribution in [0.5, 0.6) is 0 Å². The van der Waals surface area contributed by atoms with Crippen LogP contribution < -0.4 is 11.5 Å². The second kappa shape index (κ2) is 11.1. The number of hydrogen-bond acceptors (Lipinski definition) is 2. The molecular formula is C11H18N2O2S2. The predicted molar refractivity (Wildman–Crippen MR) is 79.4 cm³/mol. The van der Waals surface area contributed by atoms with Gasteiger partial charge in [-0.15, -0.1) is 0 Å². The summed E-state index contributed by atoms with van der Waals surface area (Å²) in [5.41, 5.74) is 10.2. The van der Waals surface area contributed by atoms with Crippen LogP contribution in [-0.4, -0.2) is 20.6 Å². The monoisotopic (exact) mass is 274 g/mol. The van der Waals surface area contributed by atoms with Crippen LogP contribution in [0.25, 0.3) is 0 Å². The summed E-state index contributed by atoms with van der Waals surface area (Å²) in [4.78, 5) is 0. The highest BCUT2D eigenvalue weighted by molar-refractivity contribution is 7.80. The average Bonchev–Trinajstić information content (AvgIpc) is 2.17. The summed E-state index contributed by atoms with van der Waals surface area (Å²) in [6.07, 6.45) is 0. The lowest BCUT2D eigenvalue weighted by atomic mass is 10.0. The van der Waals surface area contributed by atoms with Gasteiger partial charge in [0, 0.05) is 0 Å². The molecule has 0 spiro atoms. The van der Waals surface area contributed by atoms with Gasteiger partial charge in [0.2, 0.25) is 0 Å². The van der Waals surface area contributed by atoms with Gasteiger partial charge in [0.25, 0.3) is 10.3 Å². The van der Waals surface area contributed by atoms with Gasteiger partial charge in [-0.3, -0.25) is 0 Å². The Bertz CT molecular complexity index is 310. The number of nitrogens with two attached hydrogens (primary N) is 2. The van der Waals surface area contributed by atoms with Crippen molar-refractivity contribution < 1.29 is 10.2 Å². The van der Waals surface area contributed by atoms with Crippen molar-refractivity contribution in [1.29, 1.82) is 0 Å². The molecule has 6 N–H and O–H groups in total. The lowest BCUT2D eigenvalue weighted by Crippen LogP contribution is -2.03. The van der Waals surface area contributed by atoms with E-state index in [1.165, 1.54) is 5.56 Å². The Labute approximate surface area is 112 Å². The lowest BCUT2D eigenvalue weighted by molar-refractivity contribution is 0.559. The summed E-state index contributed by atoms with van der Waals surface area (Å²) in [5.74, 6) is 0.659. The third-order valence-corrected chi connectivity index (χ3v) is 1.47. The molecule has 4 nitrogen and oxygen atoms in total. The fraction of sp³-hybridized carbons (Fsp3) is 0.273. The van der Waals surface area contributed by atoms with Gasteiger partial charge in [0.05, 0.1) is 0 Å². The second-order valence-electron chi connectivity index (χ2n) is 3.24. The summed E-state index contributed by atoms with van der Waals surface area (Å²) in [7, 11) is 0. The van der Waals surface area contributed by atoms with Gasteiger partial charge in [-0.25, -0.2) is 0 Å². The maximum Gasteiger partial charge on any atom is 0.251 e. The first-order valence-corrected chi connectivity index (χ1v) is 5.60. The molecule has 1 rings (SSSR count). The molecule has 6 heteroatoms. The number of thiocarbonyl (C=S) groups is 2. The van der Waals surface area contributed by atoms with Gasteiger partial charge in [-0.1, -0.05) is 44.2 Å². The van der Waals surface area contributed by atoms with Gasteiger partial charge in [-0.05, 0) is 35.9 Å². The molecule has 0 fully saturated rings. The first kappa shape index (κ1) is 18.0. The third-order valence-electron chi connectivity index (χ3n) is 1.47. The molecule has 0 heterocycles. The molecule has 96 valence electrons. The topological polar surface area (TPSA) is 92.5 Å². The molecule has 0 atom stereocenters. The van der Waals surface area contributed by atoms with E-state index < -0.39 is 10.3 Å². The Morgan fingerprint density at radius 2 is 1.29 bits per heavy atom. The van der Waals surface area contributed by atoms with Crippen LogP contribution in [-0.2, 0) is 0 Å². The van der Waals surface area contributed by atoms with Crippen molar-refractivity contribution in [3.8, 4) is 0 Å². The summed E-state index contributed by atoms with van der Waals surface area (Å²) < 4.78 is 0. The average molecular weight is 274 g/mol. The number of aliphatic hydroxyl groups excluding tert-OH is 2. The molecule has 0 saturated carbocycles. The zero-order valence-corrected chi connectivity index (χ0v) is 11.5. The first-order chi connectivity index (χ1) is 7.77. The number of rotatable bonds is 1. The zero-order chi connectivity index (χ0) is 13.8. The quantitative estimate of drug-likeness (QED) is 0.588. The van der Waals surface area contributed by atoms with Crippen molar-refractivity contribution in [2.24, 2.45) is 11.5 Å². The molecule has 0 amide bonds. The number of hydrogen-bond donors (Lipinski definition) is 4. The molecule has 0 bridgehead atoms. The van der Waals surface area contributed by atoms with Crippen LogP contribution in [0.3, 0.4) is 0 Å². The van der Waals surface area contributed by atoms with Gasteiger partial charge in [0.1, 0.15) is 0 Å². The Morgan fingerprint density at radius 1 is 1.00 bits per heavy atom. The number of benzene rings is 1. The minimum absolute atomic E-state index is 0.500. The van der Waals surface area contributed by atoms with Gasteiger partial charge < -0.3 is 21.7 Å². The molecule has 0 aliphatic heterocycles. The molecule has 0 saturated heterocycles. The maximum atomic E-state index is 7.56. The first-order valence-electron chi connectivity index (χ1n) is 4.79. The maximum absolute atomic E-state index is 7.56. The zero-order valence-electron chi connectivity index (χ0n) is 9.83. The van der Waals surface area contributed by atoms with Crippen molar-refractivity contribution in [3.63, 3.8) is 0 Å². The van der Waals surface area contributed by atoms with Crippen molar-refractivity contribution in [2.75, 3.05) is 0 Å². The minimum atomic E-state index is -0.500. The second-order valence-corrected chi connectivity index (χ2v) is 4.08. The molecule has 17 heavy (non-hydrogen) atoms. The van der Waals surface area contributed by atoms with Crippen LogP contribution in [0.1, 0.15) is 25.3 Å². The normalized spacial score (nSPS) is 8.18. The molecule has 0 aliphatic carbocycles. The Balaban J connectivity index is 0. The smallest absolute Gasteiger partial charge is 0.251 e. The fourth-order valence-electron chi connectivity index (χ4n) is 0.838. The van der Waals surface area contributed by atoms with E-state index in [2.05, 4.69) is 74.0 Å². The van der Waals surface area contributed by atoms with E-state index in [9.17, 15) is 0 Å². The van der Waals surface area contributed by atoms with Crippen LogP contribution in [0.2, 0.25) is 0 Å². The van der Waals surface area contributed by atoms with Crippen LogP contribution in [0, 0.1) is 0 Å². The molecule has 0 radical (unpaired) electrons. The minimum Gasteiger partial charge on any atom is -0.487 e. The van der Waals surface area contributed by atoms with E-state index in [-0.39, 0.29) is 0 Å². The Morgan fingerprint density at radius 3 is 1.47 bits per heavy atom. The fourth-order valence-corrected chi connectivity index (χ4v) is 0.838. The SMILES string of the molecule is CC(C)c1ccccc1.NC(O)=S.NC(O)=S. The Kier molecular flexibility index (Phi) is 11.7. The summed E-state index contributed by atoms with van der Waals surface area (Å²) in [6, 6.07) is 10.5. The number of aliphatic hydroxyl groups is 2. The highest BCUT2D eigenvalue weighted by atomic mass is 32.1. The predicted octanol–water partition coefficient (Wildman–Crippen LogP) is 2.39. The highest BCUT2D eigenvalue weighted by Gasteiger charge is 1.93. The molecule has 0 aromatic heterocycles. The summed E-state index contributed by atoms with van der Waals surface area (Å²) in [5, 5.41) is 14.1. The highest BCUT2D eigenvalue weighted by Crippen LogP contribution is 2.11. The largest absolute Gasteiger partial charge is 0.487 e. The summed E-state index contributed by atoms with van der Waals surface area (Å²) >= 11 is 7.74. The Hall–Kier alpha value is -1.40. The van der Waals surface area contributed by atoms with E-state index in [0.717, 1.165) is 0 Å². The van der Waals surface area contributed by atoms with Crippen LogP contribution in [0.4, 0.5) is 0 Å². The van der Waals surface area contributed by atoms with E-state index >= 15 is 0 Å². The van der Waals surface area contributed by atoms with E-state index in [1.807, 2.05) is 6.07 Å². The van der Waals surface area contributed by atoms with Crippen molar-refractivity contribution in [1.82, 2.24) is 0 Å². The van der Waals surface area contributed by atoms with Crippen molar-refractivity contribution in [2.45, 2.75) is 19.8 Å². The molecular weight excluding hydrogens is 256 g/mol. The molecule has 0 unspecified atom stereocenters. The van der Waals surface area contributed by atoms with E-state index in [0.29, 0.717) is 5.92 Å². The standard InChI is InChI=1S/C9H12.2CH3NOS/c1-8(2)9-6-4-3-5-7-9;2*2-1(3)4/h3-8H,1-2H3;2*(H3,2,3,4). The summed E-state index contributed by atoms with van der Waals surface area (Å²) in [6.45, 7) is 4.41. The van der Waals surface area contributed by atoms with Crippen LogP contribution in [0.15, 0.2) is 30.3 Å². The third kappa shape index (κ3) is 20.6. The van der Waals surface area contributed by atoms with E-state index in [4.69, 9.17) is 10.2 Å². The van der Waals surface area contributed by atoms with Crippen molar-refractivity contribution in [3.05, 3.63) is 35.9 Å². The van der Waals surface area contributed by atoms with E-state index in [1.54, 1.807) is 0 Å². The lowest BCUT2D eigenvalue weighted by Gasteiger charge is -2.01.